The Hall–Kier alpha value is -3.14. The Kier molecular flexibility index (Phi) is 4.35. The van der Waals surface area contributed by atoms with Gasteiger partial charge in [0.2, 0.25) is 0 Å². The number of rotatable bonds is 3. The van der Waals surface area contributed by atoms with Crippen molar-refractivity contribution in [1.82, 2.24) is 14.9 Å². The Morgan fingerprint density at radius 1 is 1.14 bits per heavy atom. The maximum absolute atomic E-state index is 12.9. The van der Waals surface area contributed by atoms with Gasteiger partial charge < -0.3 is 9.88 Å². The Labute approximate surface area is 170 Å². The molecule has 0 bridgehead atoms. The topological polar surface area (TPSA) is 49.0 Å². The van der Waals surface area contributed by atoms with Crippen LogP contribution in [0.25, 0.3) is 33.1 Å². The van der Waals surface area contributed by atoms with Crippen LogP contribution >= 0.6 is 0 Å². The quantitative estimate of drug-likeness (QED) is 0.508. The van der Waals surface area contributed by atoms with Crippen LogP contribution in [0, 0.1) is 6.92 Å². The van der Waals surface area contributed by atoms with Crippen molar-refractivity contribution in [1.29, 1.82) is 0 Å². The number of fused-ring (bicyclic) bond motifs is 3. The number of carbonyl (C=O) groups excluding carboxylic acids is 1. The molecule has 4 heteroatoms. The van der Waals surface area contributed by atoms with Crippen LogP contribution in [0.1, 0.15) is 41.3 Å². The summed E-state index contributed by atoms with van der Waals surface area (Å²) in [6.07, 6.45) is 5.06. The number of aryl methyl sites for hydroxylation is 2. The van der Waals surface area contributed by atoms with E-state index >= 15 is 0 Å². The second kappa shape index (κ2) is 7.03. The summed E-state index contributed by atoms with van der Waals surface area (Å²) in [5, 5.41) is 2.34. The monoisotopic (exact) mass is 383 g/mol. The second-order valence-corrected chi connectivity index (χ2v) is 7.99. The van der Waals surface area contributed by atoms with Gasteiger partial charge in [0.05, 0.1) is 5.52 Å². The summed E-state index contributed by atoms with van der Waals surface area (Å²) >= 11 is 0. The number of likely N-dealkylation sites (tertiary alicyclic amines) is 1. The molecule has 0 saturated carbocycles. The van der Waals surface area contributed by atoms with Gasteiger partial charge in [-0.15, -0.1) is 0 Å². The Morgan fingerprint density at radius 3 is 2.76 bits per heavy atom. The van der Waals surface area contributed by atoms with Gasteiger partial charge in [0.15, 0.2) is 0 Å². The predicted octanol–water partition coefficient (Wildman–Crippen LogP) is 5.49. The molecule has 146 valence electrons. The van der Waals surface area contributed by atoms with Gasteiger partial charge in [0, 0.05) is 35.6 Å². The second-order valence-electron chi connectivity index (χ2n) is 7.99. The van der Waals surface area contributed by atoms with Crippen molar-refractivity contribution >= 4 is 27.8 Å². The van der Waals surface area contributed by atoms with E-state index in [1.54, 1.807) is 0 Å². The van der Waals surface area contributed by atoms with Gasteiger partial charge in [-0.2, -0.15) is 0 Å². The molecule has 0 atom stereocenters. The van der Waals surface area contributed by atoms with Gasteiger partial charge in [0.1, 0.15) is 5.65 Å². The molecule has 1 aliphatic rings. The number of nitrogens with zero attached hydrogens (tertiary/aromatic N) is 2. The van der Waals surface area contributed by atoms with E-state index in [9.17, 15) is 4.79 Å². The van der Waals surface area contributed by atoms with Crippen molar-refractivity contribution in [3.63, 3.8) is 0 Å². The van der Waals surface area contributed by atoms with E-state index in [2.05, 4.69) is 48.1 Å². The first-order valence-electron chi connectivity index (χ1n) is 10.5. The van der Waals surface area contributed by atoms with Crippen LogP contribution in [0.2, 0.25) is 0 Å². The van der Waals surface area contributed by atoms with Gasteiger partial charge in [-0.3, -0.25) is 4.79 Å². The smallest absolute Gasteiger partial charge is 0.253 e. The molecule has 0 spiro atoms. The van der Waals surface area contributed by atoms with Gasteiger partial charge in [-0.05, 0) is 66.6 Å². The molecule has 4 aromatic rings. The highest BCUT2D eigenvalue weighted by molar-refractivity contribution is 6.14. The average Bonchev–Trinajstić information content (AvgIpc) is 3.41. The predicted molar refractivity (Wildman–Crippen MR) is 118 cm³/mol. The molecule has 1 aliphatic heterocycles. The molecule has 1 saturated heterocycles. The summed E-state index contributed by atoms with van der Waals surface area (Å²) in [5.41, 5.74) is 7.47. The maximum Gasteiger partial charge on any atom is 0.253 e. The first kappa shape index (κ1) is 17.9. The molecule has 1 N–H and O–H groups in total. The zero-order valence-corrected chi connectivity index (χ0v) is 17.0. The minimum Gasteiger partial charge on any atom is -0.339 e. The Bertz CT molecular complexity index is 1230. The number of pyridine rings is 1. The third-order valence-corrected chi connectivity index (χ3v) is 6.02. The third-order valence-electron chi connectivity index (χ3n) is 6.02. The van der Waals surface area contributed by atoms with Crippen LogP contribution in [0.4, 0.5) is 0 Å². The number of amides is 1. The van der Waals surface area contributed by atoms with Crippen molar-refractivity contribution in [2.45, 2.75) is 33.1 Å². The highest BCUT2D eigenvalue weighted by atomic mass is 16.2. The molecule has 1 fully saturated rings. The van der Waals surface area contributed by atoms with Crippen molar-refractivity contribution < 1.29 is 4.79 Å². The number of benzene rings is 2. The lowest BCUT2D eigenvalue weighted by Crippen LogP contribution is -2.27. The van der Waals surface area contributed by atoms with Crippen LogP contribution in [-0.2, 0) is 6.42 Å². The zero-order valence-electron chi connectivity index (χ0n) is 17.0. The van der Waals surface area contributed by atoms with E-state index < -0.39 is 0 Å². The number of hydrogen-bond acceptors (Lipinski definition) is 2. The van der Waals surface area contributed by atoms with Gasteiger partial charge in [-0.1, -0.05) is 31.2 Å². The molecule has 0 aliphatic carbocycles. The molecule has 3 heterocycles. The standard InChI is InChI=1S/C25H25N3O/c1-3-17-9-10-20(22-21-13-16(2)15-26-24(21)27-23(17)22)18-7-6-8-19(14-18)25(29)28-11-4-5-12-28/h6-10,13-15H,3-5,11-12H2,1-2H3,(H,26,27). The lowest BCUT2D eigenvalue weighted by atomic mass is 9.95. The highest BCUT2D eigenvalue weighted by Crippen LogP contribution is 2.36. The van der Waals surface area contributed by atoms with E-state index in [0.29, 0.717) is 0 Å². The van der Waals surface area contributed by atoms with E-state index in [0.717, 1.165) is 71.2 Å². The molecule has 1 amide bonds. The van der Waals surface area contributed by atoms with Crippen molar-refractivity contribution in [3.8, 4) is 11.1 Å². The summed E-state index contributed by atoms with van der Waals surface area (Å²) in [6.45, 7) is 5.98. The van der Waals surface area contributed by atoms with E-state index in [4.69, 9.17) is 0 Å². The fraction of sp³-hybridized carbons (Fsp3) is 0.280. The molecule has 0 unspecified atom stereocenters. The molecule has 2 aromatic carbocycles. The van der Waals surface area contributed by atoms with E-state index in [-0.39, 0.29) is 5.91 Å². The van der Waals surface area contributed by atoms with Crippen LogP contribution in [0.15, 0.2) is 48.7 Å². The van der Waals surface area contributed by atoms with Crippen molar-refractivity contribution in [2.75, 3.05) is 13.1 Å². The maximum atomic E-state index is 12.9. The van der Waals surface area contributed by atoms with Crippen molar-refractivity contribution in [3.05, 3.63) is 65.4 Å². The molecular formula is C25H25N3O. The lowest BCUT2D eigenvalue weighted by Gasteiger charge is -2.16. The number of aromatic amines is 1. The minimum absolute atomic E-state index is 0.141. The molecule has 5 rings (SSSR count). The number of H-pyrrole nitrogens is 1. The van der Waals surface area contributed by atoms with Crippen molar-refractivity contribution in [2.24, 2.45) is 0 Å². The molecule has 2 aromatic heterocycles. The summed E-state index contributed by atoms with van der Waals surface area (Å²) in [6, 6.07) is 14.7. The fourth-order valence-electron chi connectivity index (χ4n) is 4.50. The summed E-state index contributed by atoms with van der Waals surface area (Å²) in [4.78, 5) is 23.0. The minimum atomic E-state index is 0.141. The summed E-state index contributed by atoms with van der Waals surface area (Å²) < 4.78 is 0. The SMILES string of the molecule is CCc1ccc(-c2cccc(C(=O)N3CCCC3)c2)c2c1[nH]c1ncc(C)cc12. The van der Waals surface area contributed by atoms with Gasteiger partial charge in [0.25, 0.3) is 5.91 Å². The lowest BCUT2D eigenvalue weighted by molar-refractivity contribution is 0.0793. The number of carbonyl (C=O) groups is 1. The highest BCUT2D eigenvalue weighted by Gasteiger charge is 2.20. The van der Waals surface area contributed by atoms with Crippen LogP contribution < -0.4 is 0 Å². The Balaban J connectivity index is 1.71. The number of nitrogens with one attached hydrogen (secondary N) is 1. The number of aromatic nitrogens is 2. The Morgan fingerprint density at radius 2 is 1.97 bits per heavy atom. The fourth-order valence-corrected chi connectivity index (χ4v) is 4.50. The molecular weight excluding hydrogens is 358 g/mol. The summed E-state index contributed by atoms with van der Waals surface area (Å²) in [5.74, 6) is 0.141. The number of hydrogen-bond donors (Lipinski definition) is 1. The average molecular weight is 383 g/mol. The van der Waals surface area contributed by atoms with Crippen LogP contribution in [0.3, 0.4) is 0 Å². The largest absolute Gasteiger partial charge is 0.339 e. The van der Waals surface area contributed by atoms with E-state index in [1.807, 2.05) is 29.3 Å². The normalized spacial score (nSPS) is 14.2. The first-order valence-corrected chi connectivity index (χ1v) is 10.5. The molecule has 4 nitrogen and oxygen atoms in total. The van der Waals surface area contributed by atoms with Gasteiger partial charge in [-0.25, -0.2) is 4.98 Å². The third kappa shape index (κ3) is 3.00. The zero-order chi connectivity index (χ0) is 20.0. The molecule has 0 radical (unpaired) electrons. The van der Waals surface area contributed by atoms with Crippen LogP contribution in [0.5, 0.6) is 0 Å². The van der Waals surface area contributed by atoms with Crippen LogP contribution in [-0.4, -0.2) is 33.9 Å². The van der Waals surface area contributed by atoms with Gasteiger partial charge >= 0.3 is 0 Å². The molecule has 29 heavy (non-hydrogen) atoms. The van der Waals surface area contributed by atoms with E-state index in [1.165, 1.54) is 10.9 Å². The summed E-state index contributed by atoms with van der Waals surface area (Å²) in [7, 11) is 0. The first-order chi connectivity index (χ1) is 14.2.